The van der Waals surface area contributed by atoms with Crippen molar-refractivity contribution < 1.29 is 14.6 Å². The highest BCUT2D eigenvalue weighted by Crippen LogP contribution is 2.36. The molecular weight excluding hydrogens is 264 g/mol. The lowest BCUT2D eigenvalue weighted by molar-refractivity contribution is 0.0697. The lowest BCUT2D eigenvalue weighted by atomic mass is 9.94. The first-order valence-corrected chi connectivity index (χ1v) is 6.61. The van der Waals surface area contributed by atoms with E-state index in [1.54, 1.807) is 19.2 Å². The lowest BCUT2D eigenvalue weighted by Gasteiger charge is -2.12. The van der Waals surface area contributed by atoms with Gasteiger partial charge in [-0.25, -0.2) is 4.79 Å². The van der Waals surface area contributed by atoms with E-state index in [0.717, 1.165) is 22.1 Å². The molecule has 0 aliphatic carbocycles. The number of hydrogen-bond acceptors (Lipinski definition) is 2. The van der Waals surface area contributed by atoms with E-state index in [0.29, 0.717) is 5.56 Å². The maximum Gasteiger partial charge on any atom is 0.336 e. The quantitative estimate of drug-likeness (QED) is 0.780. The number of methoxy groups -OCH3 is 1. The first-order valence-electron chi connectivity index (χ1n) is 6.61. The summed E-state index contributed by atoms with van der Waals surface area (Å²) in [4.78, 5) is 11.5. The number of carbonyl (C=O) groups is 1. The van der Waals surface area contributed by atoms with E-state index in [1.165, 1.54) is 0 Å². The number of ether oxygens (including phenoxy) is 1. The van der Waals surface area contributed by atoms with E-state index in [-0.39, 0.29) is 5.56 Å². The molecule has 0 heterocycles. The highest BCUT2D eigenvalue weighted by atomic mass is 16.5. The Morgan fingerprint density at radius 3 is 2.29 bits per heavy atom. The summed E-state index contributed by atoms with van der Waals surface area (Å²) in [6.45, 7) is 0. The van der Waals surface area contributed by atoms with Crippen LogP contribution in [0.1, 0.15) is 10.4 Å². The van der Waals surface area contributed by atoms with Crippen molar-refractivity contribution in [2.45, 2.75) is 0 Å². The van der Waals surface area contributed by atoms with Crippen molar-refractivity contribution in [3.8, 4) is 16.9 Å². The third kappa shape index (κ3) is 2.23. The molecular formula is C18H14O3. The summed E-state index contributed by atoms with van der Waals surface area (Å²) in [6, 6.07) is 18.7. The Morgan fingerprint density at radius 2 is 1.57 bits per heavy atom. The minimum atomic E-state index is -0.933. The first kappa shape index (κ1) is 13.2. The molecule has 0 bridgehead atoms. The highest BCUT2D eigenvalue weighted by Gasteiger charge is 2.14. The molecule has 3 heteroatoms. The molecule has 3 aromatic rings. The topological polar surface area (TPSA) is 46.5 Å². The van der Waals surface area contributed by atoms with Gasteiger partial charge < -0.3 is 9.84 Å². The van der Waals surface area contributed by atoms with Gasteiger partial charge in [-0.1, -0.05) is 48.5 Å². The monoisotopic (exact) mass is 278 g/mol. The Balaban J connectivity index is 2.39. The van der Waals surface area contributed by atoms with Crippen LogP contribution in [0.2, 0.25) is 0 Å². The predicted octanol–water partition coefficient (Wildman–Crippen LogP) is 4.21. The molecule has 0 saturated heterocycles. The van der Waals surface area contributed by atoms with Crippen LogP contribution >= 0.6 is 0 Å². The van der Waals surface area contributed by atoms with Crippen molar-refractivity contribution in [2.75, 3.05) is 7.11 Å². The van der Waals surface area contributed by atoms with Gasteiger partial charge in [0.2, 0.25) is 0 Å². The molecule has 104 valence electrons. The van der Waals surface area contributed by atoms with Crippen molar-refractivity contribution in [3.05, 3.63) is 66.2 Å². The van der Waals surface area contributed by atoms with Gasteiger partial charge in [0.25, 0.3) is 0 Å². The van der Waals surface area contributed by atoms with E-state index in [9.17, 15) is 9.90 Å². The van der Waals surface area contributed by atoms with Gasteiger partial charge in [0, 0.05) is 5.39 Å². The van der Waals surface area contributed by atoms with Gasteiger partial charge in [-0.05, 0) is 28.6 Å². The highest BCUT2D eigenvalue weighted by molar-refractivity contribution is 6.05. The number of hydrogen-bond donors (Lipinski definition) is 1. The normalized spacial score (nSPS) is 10.5. The molecule has 0 amide bonds. The van der Waals surface area contributed by atoms with E-state index in [1.807, 2.05) is 48.5 Å². The zero-order chi connectivity index (χ0) is 14.8. The van der Waals surface area contributed by atoms with Gasteiger partial charge in [0.15, 0.2) is 0 Å². The number of carboxylic acid groups (broad SMARTS) is 1. The molecule has 0 atom stereocenters. The van der Waals surface area contributed by atoms with Crippen LogP contribution in [0, 0.1) is 0 Å². The molecule has 0 aliphatic rings. The van der Waals surface area contributed by atoms with Gasteiger partial charge in [0.1, 0.15) is 5.75 Å². The van der Waals surface area contributed by atoms with Crippen LogP contribution in [0.3, 0.4) is 0 Å². The van der Waals surface area contributed by atoms with Gasteiger partial charge in [0.05, 0.1) is 12.7 Å². The second-order valence-electron chi connectivity index (χ2n) is 4.71. The second-order valence-corrected chi connectivity index (χ2v) is 4.71. The van der Waals surface area contributed by atoms with Crippen molar-refractivity contribution >= 4 is 16.7 Å². The summed E-state index contributed by atoms with van der Waals surface area (Å²) >= 11 is 0. The van der Waals surface area contributed by atoms with Crippen LogP contribution in [-0.4, -0.2) is 18.2 Å². The molecule has 0 aromatic heterocycles. The summed E-state index contributed by atoms with van der Waals surface area (Å²) in [6.07, 6.45) is 0. The van der Waals surface area contributed by atoms with Crippen LogP contribution < -0.4 is 4.74 Å². The fraction of sp³-hybridized carbons (Fsp3) is 0.0556. The molecule has 0 radical (unpaired) electrons. The fourth-order valence-corrected chi connectivity index (χ4v) is 2.61. The maximum atomic E-state index is 11.5. The minimum absolute atomic E-state index is 0.288. The summed E-state index contributed by atoms with van der Waals surface area (Å²) in [7, 11) is 1.62. The van der Waals surface area contributed by atoms with Gasteiger partial charge in [-0.2, -0.15) is 0 Å². The Hall–Kier alpha value is -2.81. The zero-order valence-corrected chi connectivity index (χ0v) is 11.5. The Morgan fingerprint density at radius 1 is 0.905 bits per heavy atom. The van der Waals surface area contributed by atoms with Crippen molar-refractivity contribution in [1.82, 2.24) is 0 Å². The van der Waals surface area contributed by atoms with Crippen LogP contribution in [0.4, 0.5) is 0 Å². The third-order valence-electron chi connectivity index (χ3n) is 3.53. The summed E-state index contributed by atoms with van der Waals surface area (Å²) in [5, 5.41) is 11.3. The Kier molecular flexibility index (Phi) is 3.32. The number of benzene rings is 3. The number of rotatable bonds is 3. The van der Waals surface area contributed by atoms with E-state index in [2.05, 4.69) is 0 Å². The van der Waals surface area contributed by atoms with Crippen LogP contribution in [-0.2, 0) is 0 Å². The summed E-state index contributed by atoms with van der Waals surface area (Å²) in [5.41, 5.74) is 1.85. The number of carboxylic acids is 1. The van der Waals surface area contributed by atoms with E-state index >= 15 is 0 Å². The molecule has 0 aliphatic heterocycles. The van der Waals surface area contributed by atoms with Crippen LogP contribution in [0.15, 0.2) is 60.7 Å². The average Bonchev–Trinajstić information content (AvgIpc) is 2.53. The molecule has 0 unspecified atom stereocenters. The minimum Gasteiger partial charge on any atom is -0.496 e. The largest absolute Gasteiger partial charge is 0.496 e. The summed E-state index contributed by atoms with van der Waals surface area (Å²) in [5.74, 6) is -0.194. The standard InChI is InChI=1S/C18H14O3/c1-21-16-11-5-7-12-6-4-10-14(17(12)16)13-8-2-3-9-15(13)18(19)20/h2-11H,1H3,(H,19,20). The number of aromatic carboxylic acids is 1. The Bertz CT molecular complexity index is 816. The average molecular weight is 278 g/mol. The molecule has 3 nitrogen and oxygen atoms in total. The molecule has 21 heavy (non-hydrogen) atoms. The van der Waals surface area contributed by atoms with Crippen molar-refractivity contribution in [3.63, 3.8) is 0 Å². The fourth-order valence-electron chi connectivity index (χ4n) is 2.61. The second kappa shape index (κ2) is 5.29. The number of fused-ring (bicyclic) bond motifs is 1. The van der Waals surface area contributed by atoms with Crippen LogP contribution in [0.5, 0.6) is 5.75 Å². The summed E-state index contributed by atoms with van der Waals surface area (Å²) < 4.78 is 5.44. The van der Waals surface area contributed by atoms with Crippen LogP contribution in [0.25, 0.3) is 21.9 Å². The molecule has 1 N–H and O–H groups in total. The molecule has 3 aromatic carbocycles. The van der Waals surface area contributed by atoms with Crippen molar-refractivity contribution in [1.29, 1.82) is 0 Å². The third-order valence-corrected chi connectivity index (χ3v) is 3.53. The maximum absolute atomic E-state index is 11.5. The van der Waals surface area contributed by atoms with E-state index in [4.69, 9.17) is 4.74 Å². The smallest absolute Gasteiger partial charge is 0.336 e. The molecule has 0 saturated carbocycles. The first-order chi connectivity index (χ1) is 10.2. The van der Waals surface area contributed by atoms with Gasteiger partial charge in [-0.3, -0.25) is 0 Å². The zero-order valence-electron chi connectivity index (χ0n) is 11.5. The van der Waals surface area contributed by atoms with E-state index < -0.39 is 5.97 Å². The predicted molar refractivity (Wildman–Crippen MR) is 82.9 cm³/mol. The Labute approximate surface area is 122 Å². The molecule has 0 spiro atoms. The molecule has 3 rings (SSSR count). The van der Waals surface area contributed by atoms with Gasteiger partial charge >= 0.3 is 5.97 Å². The van der Waals surface area contributed by atoms with Gasteiger partial charge in [-0.15, -0.1) is 0 Å². The SMILES string of the molecule is COc1cccc2cccc(-c3ccccc3C(=O)O)c12. The lowest BCUT2D eigenvalue weighted by Crippen LogP contribution is -1.99. The van der Waals surface area contributed by atoms with Crippen molar-refractivity contribution in [2.24, 2.45) is 0 Å². The molecule has 0 fully saturated rings.